The average molecular weight is 867 g/mol. The first-order valence-corrected chi connectivity index (χ1v) is 21.8. The molecule has 2 unspecified atom stereocenters. The molecule has 3 atom stereocenters. The molecule has 1 aliphatic carbocycles. The molecule has 1 aromatic heterocycles. The number of pyridine rings is 1. The number of fused-ring (bicyclic) bond motifs is 2. The second-order valence-corrected chi connectivity index (χ2v) is 16.9. The van der Waals surface area contributed by atoms with Gasteiger partial charge >= 0.3 is 0 Å². The number of nitrogens with zero attached hydrogens (tertiary/aromatic N) is 3. The summed E-state index contributed by atoms with van der Waals surface area (Å²) >= 11 is 0. The molecule has 14 heteroatoms. The SMILES string of the molecule is CNC(C)C(=O)NC1CN(C(=O)C2(C(=O)Cc3ccc(Oc4ccnc5cc(OC)c(OC)cc45)cc3)CC2)CC[C@]2(C(=O)NC(c3ccccc3)c3ccccc3)CCCN2C1=O. The zero-order valence-electron chi connectivity index (χ0n) is 36.6. The van der Waals surface area contributed by atoms with Gasteiger partial charge in [-0.15, -0.1) is 0 Å². The zero-order valence-corrected chi connectivity index (χ0v) is 36.6. The minimum atomic E-state index is -1.30. The summed E-state index contributed by atoms with van der Waals surface area (Å²) in [6.07, 6.45) is 3.49. The van der Waals surface area contributed by atoms with E-state index in [2.05, 4.69) is 20.9 Å². The van der Waals surface area contributed by atoms with Crippen LogP contribution in [0.1, 0.15) is 61.8 Å². The Hall–Kier alpha value is -6.80. The fourth-order valence-electron chi connectivity index (χ4n) is 9.08. The Morgan fingerprint density at radius 1 is 0.812 bits per heavy atom. The van der Waals surface area contributed by atoms with E-state index >= 15 is 0 Å². The van der Waals surface area contributed by atoms with Crippen LogP contribution in [0.5, 0.6) is 23.0 Å². The molecule has 5 aromatic rings. The van der Waals surface area contributed by atoms with Gasteiger partial charge in [-0.05, 0) is 87.0 Å². The molecule has 3 heterocycles. The highest BCUT2D eigenvalue weighted by Crippen LogP contribution is 2.49. The van der Waals surface area contributed by atoms with Crippen molar-refractivity contribution in [3.63, 3.8) is 0 Å². The predicted molar refractivity (Wildman–Crippen MR) is 240 cm³/mol. The number of Topliss-reactive ketones (excluding diaryl/α,β-unsaturated/α-hetero) is 1. The van der Waals surface area contributed by atoms with Crippen LogP contribution in [-0.2, 0) is 30.4 Å². The Balaban J connectivity index is 1.03. The highest BCUT2D eigenvalue weighted by molar-refractivity contribution is 6.10. The Morgan fingerprint density at radius 3 is 2.09 bits per heavy atom. The first-order chi connectivity index (χ1) is 31.0. The molecular weight excluding hydrogens is 813 g/mol. The minimum absolute atomic E-state index is 0.00824. The van der Waals surface area contributed by atoms with E-state index < -0.39 is 46.8 Å². The van der Waals surface area contributed by atoms with Crippen molar-refractivity contribution in [2.75, 3.05) is 40.9 Å². The molecule has 2 aliphatic heterocycles. The van der Waals surface area contributed by atoms with Crippen LogP contribution in [0.25, 0.3) is 10.9 Å². The largest absolute Gasteiger partial charge is 0.493 e. The summed E-state index contributed by atoms with van der Waals surface area (Å²) in [5.41, 5.74) is 0.549. The molecule has 8 rings (SSSR count). The lowest BCUT2D eigenvalue weighted by molar-refractivity contribution is -0.154. The van der Waals surface area contributed by atoms with Gasteiger partial charge in [-0.25, -0.2) is 0 Å². The fraction of sp³-hybridized carbons (Fsp3) is 0.360. The van der Waals surface area contributed by atoms with Gasteiger partial charge in [-0.1, -0.05) is 72.8 Å². The molecule has 2 saturated heterocycles. The number of carbonyl (C=O) groups is 5. The molecule has 332 valence electrons. The number of nitrogens with one attached hydrogen (secondary N) is 3. The smallest absolute Gasteiger partial charge is 0.247 e. The number of ketones is 1. The zero-order chi connectivity index (χ0) is 45.0. The summed E-state index contributed by atoms with van der Waals surface area (Å²) in [7, 11) is 4.77. The van der Waals surface area contributed by atoms with Crippen molar-refractivity contribution in [1.29, 1.82) is 0 Å². The van der Waals surface area contributed by atoms with E-state index in [1.807, 2.05) is 66.7 Å². The molecule has 4 aromatic carbocycles. The van der Waals surface area contributed by atoms with Gasteiger partial charge in [0.2, 0.25) is 23.6 Å². The molecule has 64 heavy (non-hydrogen) atoms. The van der Waals surface area contributed by atoms with Crippen LogP contribution in [0.15, 0.2) is 109 Å². The van der Waals surface area contributed by atoms with E-state index in [0.717, 1.165) is 16.5 Å². The van der Waals surface area contributed by atoms with Gasteiger partial charge in [-0.3, -0.25) is 29.0 Å². The van der Waals surface area contributed by atoms with Gasteiger partial charge in [-0.2, -0.15) is 0 Å². The molecule has 14 nitrogen and oxygen atoms in total. The van der Waals surface area contributed by atoms with Crippen LogP contribution < -0.4 is 30.2 Å². The van der Waals surface area contributed by atoms with Crippen molar-refractivity contribution in [3.05, 3.63) is 126 Å². The number of likely N-dealkylation sites (N-methyl/N-ethyl adjacent to an activating group) is 1. The molecule has 0 radical (unpaired) electrons. The Kier molecular flexibility index (Phi) is 12.7. The normalized spacial score (nSPS) is 19.5. The maximum Gasteiger partial charge on any atom is 0.247 e. The summed E-state index contributed by atoms with van der Waals surface area (Å²) in [6, 6.07) is 29.5. The van der Waals surface area contributed by atoms with Crippen molar-refractivity contribution in [2.24, 2.45) is 5.41 Å². The summed E-state index contributed by atoms with van der Waals surface area (Å²) in [4.78, 5) is 79.6. The standard InChI is InChI=1S/C50H54N6O8/c1-32(51-2)45(58)53-39-31-55(27-24-50(21-11-26-56(50)46(39)59)47(60)54-44(34-12-7-5-8-13-34)35-14-9-6-10-15-35)48(61)49(22-23-49)43(57)28-33-16-18-36(19-17-33)64-40-20-25-52-38-30-42(63-4)41(62-3)29-37(38)40/h5-10,12-20,25,29-30,32,39,44,51H,11,21-24,26-28,31H2,1-4H3,(H,53,58)(H,54,60)/t32?,39?,50-/m0/s1. The van der Waals surface area contributed by atoms with Gasteiger partial charge in [0, 0.05) is 43.7 Å². The fourth-order valence-corrected chi connectivity index (χ4v) is 9.08. The van der Waals surface area contributed by atoms with E-state index in [0.29, 0.717) is 66.3 Å². The lowest BCUT2D eigenvalue weighted by Crippen LogP contribution is -2.67. The van der Waals surface area contributed by atoms with E-state index in [1.165, 1.54) is 4.90 Å². The number of aromatic nitrogens is 1. The first kappa shape index (κ1) is 43.8. The lowest BCUT2D eigenvalue weighted by atomic mass is 9.86. The molecular formula is C50H54N6O8. The van der Waals surface area contributed by atoms with Crippen molar-refractivity contribution in [1.82, 2.24) is 30.7 Å². The van der Waals surface area contributed by atoms with Crippen LogP contribution >= 0.6 is 0 Å². The Bertz CT molecular complexity index is 2490. The van der Waals surface area contributed by atoms with Gasteiger partial charge < -0.3 is 40.0 Å². The molecule has 3 fully saturated rings. The minimum Gasteiger partial charge on any atom is -0.493 e. The van der Waals surface area contributed by atoms with E-state index in [1.54, 1.807) is 75.7 Å². The number of hydrogen-bond acceptors (Lipinski definition) is 10. The third-order valence-electron chi connectivity index (χ3n) is 13.1. The molecule has 3 N–H and O–H groups in total. The third-order valence-corrected chi connectivity index (χ3v) is 13.1. The molecule has 3 aliphatic rings. The highest BCUT2D eigenvalue weighted by atomic mass is 16.5. The number of methoxy groups -OCH3 is 2. The summed E-state index contributed by atoms with van der Waals surface area (Å²) in [6.45, 7) is 1.98. The van der Waals surface area contributed by atoms with E-state index in [9.17, 15) is 24.0 Å². The maximum absolute atomic E-state index is 14.9. The van der Waals surface area contributed by atoms with Crippen LogP contribution in [0.2, 0.25) is 0 Å². The average Bonchev–Trinajstić information content (AvgIpc) is 4.04. The number of rotatable bonds is 15. The van der Waals surface area contributed by atoms with Crippen LogP contribution in [0.3, 0.4) is 0 Å². The van der Waals surface area contributed by atoms with E-state index in [-0.39, 0.29) is 37.6 Å². The first-order valence-electron chi connectivity index (χ1n) is 21.8. The summed E-state index contributed by atoms with van der Waals surface area (Å²) in [5.74, 6) is 0.386. The van der Waals surface area contributed by atoms with Gasteiger partial charge in [0.05, 0.1) is 31.8 Å². The Morgan fingerprint density at radius 2 is 1.47 bits per heavy atom. The van der Waals surface area contributed by atoms with Crippen LogP contribution in [0.4, 0.5) is 0 Å². The third kappa shape index (κ3) is 8.61. The lowest BCUT2D eigenvalue weighted by Gasteiger charge is -2.44. The molecule has 1 saturated carbocycles. The van der Waals surface area contributed by atoms with Crippen molar-refractivity contribution in [2.45, 2.75) is 69.1 Å². The number of amides is 4. The second kappa shape index (κ2) is 18.5. The predicted octanol–water partition coefficient (Wildman–Crippen LogP) is 5.53. The monoisotopic (exact) mass is 866 g/mol. The van der Waals surface area contributed by atoms with Crippen molar-refractivity contribution < 1.29 is 38.2 Å². The highest BCUT2D eigenvalue weighted by Gasteiger charge is 2.59. The quantitative estimate of drug-likeness (QED) is 0.114. The van der Waals surface area contributed by atoms with Crippen LogP contribution in [0, 0.1) is 5.41 Å². The van der Waals surface area contributed by atoms with Crippen molar-refractivity contribution >= 4 is 40.3 Å². The number of benzene rings is 4. The van der Waals surface area contributed by atoms with Crippen molar-refractivity contribution in [3.8, 4) is 23.0 Å². The summed E-state index contributed by atoms with van der Waals surface area (Å²) in [5, 5.41) is 9.82. The van der Waals surface area contributed by atoms with Gasteiger partial charge in [0.15, 0.2) is 17.3 Å². The molecule has 0 bridgehead atoms. The second-order valence-electron chi connectivity index (χ2n) is 16.9. The van der Waals surface area contributed by atoms with Gasteiger partial charge in [0.1, 0.15) is 28.5 Å². The molecule has 0 spiro atoms. The number of carbonyl (C=O) groups excluding carboxylic acids is 5. The number of ether oxygens (including phenoxy) is 3. The maximum atomic E-state index is 14.9. The molecule has 4 amide bonds. The van der Waals surface area contributed by atoms with Crippen LogP contribution in [-0.4, -0.2) is 103 Å². The number of hydrogen-bond donors (Lipinski definition) is 3. The van der Waals surface area contributed by atoms with Gasteiger partial charge in [0.25, 0.3) is 0 Å². The Labute approximate surface area is 372 Å². The topological polar surface area (TPSA) is 169 Å². The van der Waals surface area contributed by atoms with E-state index in [4.69, 9.17) is 14.2 Å². The summed E-state index contributed by atoms with van der Waals surface area (Å²) < 4.78 is 17.2.